The fraction of sp³-hybridized carbons (Fsp3) is 0.417. The Balaban J connectivity index is 2.47. The van der Waals surface area contributed by atoms with Crippen molar-refractivity contribution >= 4 is 5.78 Å². The van der Waals surface area contributed by atoms with Gasteiger partial charge in [-0.2, -0.15) is 0 Å². The molecule has 7 heteroatoms. The molecule has 2 rings (SSSR count). The van der Waals surface area contributed by atoms with Gasteiger partial charge < -0.3 is 4.74 Å². The number of halogens is 5. The van der Waals surface area contributed by atoms with Gasteiger partial charge in [0.25, 0.3) is 0 Å². The summed E-state index contributed by atoms with van der Waals surface area (Å²) >= 11 is 0. The first-order chi connectivity index (χ1) is 8.95. The highest BCUT2D eigenvalue weighted by Crippen LogP contribution is 2.28. The van der Waals surface area contributed by atoms with E-state index in [1.165, 1.54) is 0 Å². The van der Waals surface area contributed by atoms with Gasteiger partial charge in [0.2, 0.25) is 5.82 Å². The number of rotatable bonds is 2. The molecule has 0 atom stereocenters. The van der Waals surface area contributed by atoms with Crippen LogP contribution in [0.15, 0.2) is 0 Å². The summed E-state index contributed by atoms with van der Waals surface area (Å²) in [7, 11) is 0. The first kappa shape index (κ1) is 13.9. The third kappa shape index (κ3) is 2.34. The molecule has 1 aromatic carbocycles. The number of carbonyl (C=O) groups excluding carboxylic acids is 1. The summed E-state index contributed by atoms with van der Waals surface area (Å²) in [5.74, 6) is -12.5. The monoisotopic (exact) mass is 280 g/mol. The molecule has 0 aliphatic carbocycles. The van der Waals surface area contributed by atoms with Crippen LogP contribution < -0.4 is 0 Å². The summed E-state index contributed by atoms with van der Waals surface area (Å²) in [6.45, 7) is 0.428. The third-order valence-corrected chi connectivity index (χ3v) is 3.05. The van der Waals surface area contributed by atoms with Crippen LogP contribution in [-0.2, 0) is 4.74 Å². The maximum Gasteiger partial charge on any atom is 0.200 e. The molecule has 0 aromatic heterocycles. The maximum atomic E-state index is 13.4. The van der Waals surface area contributed by atoms with Crippen LogP contribution in [0.4, 0.5) is 22.0 Å². The smallest absolute Gasteiger partial charge is 0.200 e. The van der Waals surface area contributed by atoms with E-state index in [9.17, 15) is 26.7 Å². The van der Waals surface area contributed by atoms with Gasteiger partial charge in [0, 0.05) is 19.1 Å². The van der Waals surface area contributed by atoms with Crippen LogP contribution >= 0.6 is 0 Å². The van der Waals surface area contributed by atoms with E-state index in [-0.39, 0.29) is 26.1 Å². The van der Waals surface area contributed by atoms with Gasteiger partial charge >= 0.3 is 0 Å². The van der Waals surface area contributed by atoms with Crippen LogP contribution in [0.1, 0.15) is 23.2 Å². The topological polar surface area (TPSA) is 26.3 Å². The Hall–Kier alpha value is -1.50. The first-order valence-corrected chi connectivity index (χ1v) is 5.58. The van der Waals surface area contributed by atoms with Crippen LogP contribution in [0.3, 0.4) is 0 Å². The summed E-state index contributed by atoms with van der Waals surface area (Å²) in [6.07, 6.45) is 0.386. The van der Waals surface area contributed by atoms with Gasteiger partial charge in [-0.25, -0.2) is 22.0 Å². The molecule has 0 bridgehead atoms. The van der Waals surface area contributed by atoms with Crippen molar-refractivity contribution in [2.75, 3.05) is 13.2 Å². The second-order valence-corrected chi connectivity index (χ2v) is 4.20. The molecule has 2 nitrogen and oxygen atoms in total. The van der Waals surface area contributed by atoms with Crippen molar-refractivity contribution in [2.24, 2.45) is 5.92 Å². The SMILES string of the molecule is O=C(c1c(F)c(F)c(F)c(F)c1F)C1CCOCC1. The number of hydrogen-bond acceptors (Lipinski definition) is 2. The fourth-order valence-electron chi connectivity index (χ4n) is 1.99. The lowest BCUT2D eigenvalue weighted by molar-refractivity contribution is 0.0537. The summed E-state index contributed by atoms with van der Waals surface area (Å²) in [5.41, 5.74) is -1.36. The van der Waals surface area contributed by atoms with Crippen molar-refractivity contribution in [1.29, 1.82) is 0 Å². The summed E-state index contributed by atoms with van der Waals surface area (Å²) in [6, 6.07) is 0. The van der Waals surface area contributed by atoms with E-state index in [4.69, 9.17) is 4.74 Å². The number of hydrogen-bond donors (Lipinski definition) is 0. The van der Waals surface area contributed by atoms with Crippen molar-refractivity contribution < 1.29 is 31.5 Å². The van der Waals surface area contributed by atoms with Gasteiger partial charge in [-0.15, -0.1) is 0 Å². The quantitative estimate of drug-likeness (QED) is 0.360. The third-order valence-electron chi connectivity index (χ3n) is 3.05. The highest BCUT2D eigenvalue weighted by Gasteiger charge is 2.33. The zero-order valence-electron chi connectivity index (χ0n) is 9.61. The first-order valence-electron chi connectivity index (χ1n) is 5.58. The van der Waals surface area contributed by atoms with E-state index in [1.54, 1.807) is 0 Å². The second-order valence-electron chi connectivity index (χ2n) is 4.20. The molecule has 0 spiro atoms. The van der Waals surface area contributed by atoms with Crippen LogP contribution in [0, 0.1) is 35.0 Å². The molecule has 1 aromatic rings. The van der Waals surface area contributed by atoms with Crippen molar-refractivity contribution in [1.82, 2.24) is 0 Å². The Morgan fingerprint density at radius 2 is 1.26 bits per heavy atom. The Morgan fingerprint density at radius 1 is 0.842 bits per heavy atom. The number of Topliss-reactive ketones (excluding diaryl/α,β-unsaturated/α-hetero) is 1. The van der Waals surface area contributed by atoms with Crippen molar-refractivity contribution in [3.63, 3.8) is 0 Å². The van der Waals surface area contributed by atoms with Gasteiger partial charge in [0.05, 0.1) is 5.56 Å². The van der Waals surface area contributed by atoms with Crippen molar-refractivity contribution in [3.8, 4) is 0 Å². The summed E-state index contributed by atoms with van der Waals surface area (Å²) in [5, 5.41) is 0. The number of benzene rings is 1. The Bertz CT molecular complexity index is 494. The van der Waals surface area contributed by atoms with Crippen LogP contribution in [-0.4, -0.2) is 19.0 Å². The predicted molar refractivity (Wildman–Crippen MR) is 54.1 cm³/mol. The minimum atomic E-state index is -2.27. The second kappa shape index (κ2) is 5.24. The summed E-state index contributed by atoms with van der Waals surface area (Å²) < 4.78 is 70.7. The highest BCUT2D eigenvalue weighted by molar-refractivity contribution is 5.98. The zero-order valence-corrected chi connectivity index (χ0v) is 9.61. The maximum absolute atomic E-state index is 13.4. The highest BCUT2D eigenvalue weighted by atomic mass is 19.2. The minimum Gasteiger partial charge on any atom is -0.381 e. The van der Waals surface area contributed by atoms with E-state index in [0.29, 0.717) is 0 Å². The van der Waals surface area contributed by atoms with E-state index < -0.39 is 46.4 Å². The molecule has 1 heterocycles. The largest absolute Gasteiger partial charge is 0.381 e. The molecular formula is C12H9F5O2. The van der Waals surface area contributed by atoms with Crippen molar-refractivity contribution in [2.45, 2.75) is 12.8 Å². The molecular weight excluding hydrogens is 271 g/mol. The molecule has 0 unspecified atom stereocenters. The lowest BCUT2D eigenvalue weighted by Gasteiger charge is -2.21. The number of ether oxygens (including phenoxy) is 1. The van der Waals surface area contributed by atoms with Gasteiger partial charge in [-0.1, -0.05) is 0 Å². The number of ketones is 1. The Morgan fingerprint density at radius 3 is 1.74 bits per heavy atom. The molecule has 1 aliphatic rings. The molecule has 1 saturated heterocycles. The molecule has 104 valence electrons. The molecule has 1 fully saturated rings. The Labute approximate surface area is 105 Å². The van der Waals surface area contributed by atoms with Gasteiger partial charge in [-0.05, 0) is 12.8 Å². The molecule has 0 amide bonds. The van der Waals surface area contributed by atoms with E-state index in [0.717, 1.165) is 0 Å². The van der Waals surface area contributed by atoms with E-state index in [2.05, 4.69) is 0 Å². The van der Waals surface area contributed by atoms with E-state index in [1.807, 2.05) is 0 Å². The lowest BCUT2D eigenvalue weighted by Crippen LogP contribution is -2.26. The average Bonchev–Trinajstić information content (AvgIpc) is 2.44. The van der Waals surface area contributed by atoms with Crippen LogP contribution in [0.25, 0.3) is 0 Å². The molecule has 0 N–H and O–H groups in total. The minimum absolute atomic E-state index is 0.193. The van der Waals surface area contributed by atoms with Gasteiger partial charge in [-0.3, -0.25) is 4.79 Å². The predicted octanol–water partition coefficient (Wildman–Crippen LogP) is 2.99. The zero-order chi connectivity index (χ0) is 14.2. The fourth-order valence-corrected chi connectivity index (χ4v) is 1.99. The normalized spacial score (nSPS) is 16.7. The number of carbonyl (C=O) groups is 1. The van der Waals surface area contributed by atoms with Gasteiger partial charge in [0.1, 0.15) is 0 Å². The van der Waals surface area contributed by atoms with E-state index >= 15 is 0 Å². The molecule has 19 heavy (non-hydrogen) atoms. The van der Waals surface area contributed by atoms with Gasteiger partial charge in [0.15, 0.2) is 29.1 Å². The standard InChI is InChI=1S/C12H9F5O2/c13-7-6(8(14)10(16)11(17)9(7)15)12(18)5-1-3-19-4-2-5/h5H,1-4H2. The van der Waals surface area contributed by atoms with Crippen LogP contribution in [0.5, 0.6) is 0 Å². The lowest BCUT2D eigenvalue weighted by atomic mass is 9.90. The van der Waals surface area contributed by atoms with Crippen LogP contribution in [0.2, 0.25) is 0 Å². The summed E-state index contributed by atoms with van der Waals surface area (Å²) in [4.78, 5) is 11.9. The van der Waals surface area contributed by atoms with Crippen molar-refractivity contribution in [3.05, 3.63) is 34.6 Å². The molecule has 0 radical (unpaired) electrons. The molecule has 0 saturated carbocycles. The Kier molecular flexibility index (Phi) is 3.84. The average molecular weight is 280 g/mol. The molecule has 1 aliphatic heterocycles.